The van der Waals surface area contributed by atoms with Crippen molar-refractivity contribution >= 4 is 40.4 Å². The van der Waals surface area contributed by atoms with Gasteiger partial charge in [0.1, 0.15) is 6.04 Å². The second-order valence-electron chi connectivity index (χ2n) is 5.16. The van der Waals surface area contributed by atoms with Gasteiger partial charge >= 0.3 is 0 Å². The third-order valence-electron chi connectivity index (χ3n) is 3.45. The predicted molar refractivity (Wildman–Crippen MR) is 90.1 cm³/mol. The van der Waals surface area contributed by atoms with Crippen molar-refractivity contribution in [2.24, 2.45) is 0 Å². The van der Waals surface area contributed by atoms with Gasteiger partial charge in [0, 0.05) is 54.1 Å². The molecule has 0 N–H and O–H groups in total. The monoisotopic (exact) mass is 407 g/mol. The largest absolute Gasteiger partial charge is 0.338 e. The number of carbonyl (C=O) groups excluding carboxylic acids is 1. The van der Waals surface area contributed by atoms with Gasteiger partial charge in [0.2, 0.25) is 5.91 Å². The Morgan fingerprint density at radius 3 is 2.50 bits per heavy atom. The summed E-state index contributed by atoms with van der Waals surface area (Å²) in [4.78, 5) is 16.7. The minimum absolute atomic E-state index is 0.154. The molecular formula is C14H19ClIN3O. The van der Waals surface area contributed by atoms with Crippen molar-refractivity contribution < 1.29 is 4.79 Å². The molecule has 1 atom stereocenters. The van der Waals surface area contributed by atoms with Crippen LogP contribution in [-0.2, 0) is 4.79 Å². The van der Waals surface area contributed by atoms with E-state index >= 15 is 0 Å². The lowest BCUT2D eigenvalue weighted by molar-refractivity contribution is -0.137. The maximum atomic E-state index is 12.8. The van der Waals surface area contributed by atoms with E-state index in [1.807, 2.05) is 48.2 Å². The number of halogens is 2. The van der Waals surface area contributed by atoms with Gasteiger partial charge in [-0.3, -0.25) is 9.69 Å². The molecule has 1 amide bonds. The van der Waals surface area contributed by atoms with Crippen LogP contribution in [0.2, 0.25) is 5.02 Å². The second kappa shape index (κ2) is 7.06. The number of benzene rings is 1. The minimum Gasteiger partial charge on any atom is -0.338 e. The van der Waals surface area contributed by atoms with Crippen LogP contribution in [0.3, 0.4) is 0 Å². The summed E-state index contributed by atoms with van der Waals surface area (Å²) in [7, 11) is 3.86. The maximum absolute atomic E-state index is 12.8. The Hall–Kier alpha value is -0.370. The summed E-state index contributed by atoms with van der Waals surface area (Å²) in [5.41, 5.74) is 0.949. The molecule has 2 rings (SSSR count). The van der Waals surface area contributed by atoms with E-state index in [2.05, 4.69) is 26.0 Å². The van der Waals surface area contributed by atoms with Crippen molar-refractivity contribution in [1.29, 1.82) is 0 Å². The molecule has 4 nitrogen and oxygen atoms in total. The molecule has 1 fully saturated rings. The number of carbonyl (C=O) groups is 1. The van der Waals surface area contributed by atoms with E-state index < -0.39 is 0 Å². The molecule has 20 heavy (non-hydrogen) atoms. The van der Waals surface area contributed by atoms with Crippen molar-refractivity contribution in [3.8, 4) is 0 Å². The number of hydrogen-bond acceptors (Lipinski definition) is 3. The average Bonchev–Trinajstić information content (AvgIpc) is 2.39. The topological polar surface area (TPSA) is 26.8 Å². The Balaban J connectivity index is 2.18. The van der Waals surface area contributed by atoms with Gasteiger partial charge in [0.05, 0.1) is 0 Å². The van der Waals surface area contributed by atoms with E-state index in [1.165, 1.54) is 0 Å². The lowest BCUT2D eigenvalue weighted by Gasteiger charge is -2.35. The average molecular weight is 408 g/mol. The molecule has 0 radical (unpaired) electrons. The molecule has 0 saturated carbocycles. The quantitative estimate of drug-likeness (QED) is 0.569. The zero-order chi connectivity index (χ0) is 14.7. The molecule has 1 saturated heterocycles. The van der Waals surface area contributed by atoms with Crippen LogP contribution in [0.15, 0.2) is 24.3 Å². The van der Waals surface area contributed by atoms with Crippen LogP contribution in [0, 0.1) is 0 Å². The Kier molecular flexibility index (Phi) is 5.65. The summed E-state index contributed by atoms with van der Waals surface area (Å²) >= 11 is 8.36. The van der Waals surface area contributed by atoms with E-state index in [0.29, 0.717) is 5.02 Å². The Labute approximate surface area is 139 Å². The summed E-state index contributed by atoms with van der Waals surface area (Å²) < 4.78 is 2.21. The Morgan fingerprint density at radius 1 is 1.30 bits per heavy atom. The number of likely N-dealkylation sites (N-methyl/N-ethyl adjacent to an activating group) is 1. The van der Waals surface area contributed by atoms with E-state index in [9.17, 15) is 4.79 Å². The zero-order valence-corrected chi connectivity index (χ0v) is 14.6. The van der Waals surface area contributed by atoms with Crippen LogP contribution in [0.1, 0.15) is 11.6 Å². The van der Waals surface area contributed by atoms with Crippen molar-refractivity contribution in [3.63, 3.8) is 0 Å². The Morgan fingerprint density at radius 2 is 1.95 bits per heavy atom. The molecule has 1 heterocycles. The van der Waals surface area contributed by atoms with Gasteiger partial charge in [-0.2, -0.15) is 0 Å². The van der Waals surface area contributed by atoms with Crippen LogP contribution < -0.4 is 0 Å². The van der Waals surface area contributed by atoms with E-state index in [1.54, 1.807) is 0 Å². The Bertz CT molecular complexity index is 475. The molecule has 0 aromatic heterocycles. The lowest BCUT2D eigenvalue weighted by Crippen LogP contribution is -2.49. The normalized spacial score (nSPS) is 18.4. The van der Waals surface area contributed by atoms with Crippen molar-refractivity contribution in [1.82, 2.24) is 12.9 Å². The van der Waals surface area contributed by atoms with Crippen LogP contribution in [0.25, 0.3) is 0 Å². The zero-order valence-electron chi connectivity index (χ0n) is 11.7. The van der Waals surface area contributed by atoms with Gasteiger partial charge < -0.3 is 4.90 Å². The summed E-state index contributed by atoms with van der Waals surface area (Å²) in [6.45, 7) is 3.41. The minimum atomic E-state index is -0.269. The highest BCUT2D eigenvalue weighted by molar-refractivity contribution is 14.1. The highest BCUT2D eigenvalue weighted by Gasteiger charge is 2.29. The van der Waals surface area contributed by atoms with Crippen molar-refractivity contribution in [2.75, 3.05) is 40.3 Å². The smallest absolute Gasteiger partial charge is 0.244 e. The lowest BCUT2D eigenvalue weighted by atomic mass is 10.0. The standard InChI is InChI=1S/C14H19ClIN3O/c1-17(2)13(11-4-3-5-12(15)10-11)14(20)18-6-8-19(16)9-7-18/h3-5,10,13H,6-9H2,1-2H3. The fourth-order valence-electron chi connectivity index (χ4n) is 2.41. The third-order valence-corrected chi connectivity index (χ3v) is 4.65. The number of rotatable bonds is 3. The molecule has 0 bridgehead atoms. The molecule has 1 unspecified atom stereocenters. The molecule has 0 spiro atoms. The van der Waals surface area contributed by atoms with Crippen molar-refractivity contribution in [2.45, 2.75) is 6.04 Å². The van der Waals surface area contributed by atoms with E-state index in [4.69, 9.17) is 11.6 Å². The molecule has 110 valence electrons. The second-order valence-corrected chi connectivity index (χ2v) is 6.96. The summed E-state index contributed by atoms with van der Waals surface area (Å²) in [5.74, 6) is 0.154. The number of nitrogens with zero attached hydrogens (tertiary/aromatic N) is 3. The fraction of sp³-hybridized carbons (Fsp3) is 0.500. The molecule has 6 heteroatoms. The van der Waals surface area contributed by atoms with Crippen LogP contribution in [0.5, 0.6) is 0 Å². The van der Waals surface area contributed by atoms with Crippen LogP contribution >= 0.6 is 34.5 Å². The summed E-state index contributed by atoms with van der Waals surface area (Å²) in [6.07, 6.45) is 0. The molecule has 1 aliphatic rings. The van der Waals surface area contributed by atoms with E-state index in [0.717, 1.165) is 31.7 Å². The molecular weight excluding hydrogens is 389 g/mol. The SMILES string of the molecule is CN(C)C(C(=O)N1CCN(I)CC1)c1cccc(Cl)c1. The van der Waals surface area contributed by atoms with Gasteiger partial charge in [-0.05, 0) is 31.8 Å². The first-order valence-corrected chi connectivity index (χ1v) is 7.94. The van der Waals surface area contributed by atoms with Crippen LogP contribution in [0.4, 0.5) is 0 Å². The van der Waals surface area contributed by atoms with Gasteiger partial charge in [-0.1, -0.05) is 23.7 Å². The summed E-state index contributed by atoms with van der Waals surface area (Å²) in [6, 6.07) is 7.29. The van der Waals surface area contributed by atoms with Gasteiger partial charge in [-0.15, -0.1) is 0 Å². The number of hydrogen-bond donors (Lipinski definition) is 0. The fourth-order valence-corrected chi connectivity index (χ4v) is 3.04. The number of piperazine rings is 1. The molecule has 0 aliphatic carbocycles. The predicted octanol–water partition coefficient (Wildman–Crippen LogP) is 2.44. The van der Waals surface area contributed by atoms with Gasteiger partial charge in [0.15, 0.2) is 0 Å². The third kappa shape index (κ3) is 3.84. The molecule has 1 aliphatic heterocycles. The summed E-state index contributed by atoms with van der Waals surface area (Å²) in [5, 5.41) is 0.666. The first-order valence-electron chi connectivity index (χ1n) is 6.60. The van der Waals surface area contributed by atoms with Crippen molar-refractivity contribution in [3.05, 3.63) is 34.9 Å². The highest BCUT2D eigenvalue weighted by atomic mass is 127. The number of amides is 1. The molecule has 1 aromatic carbocycles. The van der Waals surface area contributed by atoms with Crippen LogP contribution in [-0.4, -0.2) is 59.1 Å². The molecule has 1 aromatic rings. The van der Waals surface area contributed by atoms with Gasteiger partial charge in [-0.25, -0.2) is 3.11 Å². The van der Waals surface area contributed by atoms with Gasteiger partial charge in [0.25, 0.3) is 0 Å². The van der Waals surface area contributed by atoms with E-state index in [-0.39, 0.29) is 11.9 Å². The maximum Gasteiger partial charge on any atom is 0.244 e. The first-order chi connectivity index (χ1) is 9.49. The first kappa shape index (κ1) is 16.0. The highest BCUT2D eigenvalue weighted by Crippen LogP contribution is 2.24.